The molecular formula is C23H21N5O3S. The third kappa shape index (κ3) is 3.64. The van der Waals surface area contributed by atoms with E-state index >= 15 is 0 Å². The highest BCUT2D eigenvalue weighted by atomic mass is 32.2. The highest BCUT2D eigenvalue weighted by Gasteiger charge is 2.29. The molecule has 1 N–H and O–H groups in total. The molecule has 0 aliphatic carbocycles. The van der Waals surface area contributed by atoms with Gasteiger partial charge in [-0.1, -0.05) is 48.2 Å². The normalized spacial score (nSPS) is 15.0. The third-order valence-electron chi connectivity index (χ3n) is 5.46. The number of nitrogens with zero attached hydrogens (tertiary/aromatic N) is 4. The molecule has 0 spiro atoms. The van der Waals surface area contributed by atoms with Crippen molar-refractivity contribution in [2.45, 2.75) is 24.2 Å². The number of carbonyl (C=O) groups excluding carboxylic acids is 1. The number of benzene rings is 2. The van der Waals surface area contributed by atoms with Gasteiger partial charge in [0.05, 0.1) is 25.0 Å². The van der Waals surface area contributed by atoms with Crippen molar-refractivity contribution in [3.63, 3.8) is 0 Å². The van der Waals surface area contributed by atoms with Crippen LogP contribution in [0.3, 0.4) is 0 Å². The van der Waals surface area contributed by atoms with Crippen molar-refractivity contribution in [1.82, 2.24) is 24.6 Å². The first-order chi connectivity index (χ1) is 15.7. The minimum Gasteiger partial charge on any atom is -0.496 e. The van der Waals surface area contributed by atoms with Crippen LogP contribution in [0.5, 0.6) is 5.75 Å². The first-order valence-electron chi connectivity index (χ1n) is 10.2. The van der Waals surface area contributed by atoms with Crippen LogP contribution >= 0.6 is 11.8 Å². The molecule has 1 aliphatic rings. The molecule has 1 aliphatic heterocycles. The average Bonchev–Trinajstić information content (AvgIpc) is 3.43. The zero-order valence-electron chi connectivity index (χ0n) is 17.4. The highest BCUT2D eigenvalue weighted by Crippen LogP contribution is 2.33. The van der Waals surface area contributed by atoms with Crippen LogP contribution < -0.4 is 15.6 Å². The smallest absolute Gasteiger partial charge is 0.265 e. The van der Waals surface area contributed by atoms with Crippen molar-refractivity contribution in [1.29, 1.82) is 0 Å². The molecule has 0 fully saturated rings. The van der Waals surface area contributed by atoms with E-state index in [2.05, 4.69) is 10.4 Å². The number of aromatic nitrogens is 4. The summed E-state index contributed by atoms with van der Waals surface area (Å²) in [6.07, 6.45) is 1.75. The second-order valence-electron chi connectivity index (χ2n) is 7.46. The van der Waals surface area contributed by atoms with Crippen molar-refractivity contribution in [3.05, 3.63) is 76.7 Å². The lowest BCUT2D eigenvalue weighted by Gasteiger charge is -2.14. The Morgan fingerprint density at radius 3 is 2.78 bits per heavy atom. The lowest BCUT2D eigenvalue weighted by molar-refractivity contribution is -0.121. The molecule has 1 unspecified atom stereocenters. The van der Waals surface area contributed by atoms with Gasteiger partial charge in [0, 0.05) is 24.3 Å². The Hall–Kier alpha value is -3.59. The molecule has 8 nitrogen and oxygen atoms in total. The van der Waals surface area contributed by atoms with E-state index < -0.39 is 0 Å². The second-order valence-corrected chi connectivity index (χ2v) is 8.44. The number of amides is 1. The van der Waals surface area contributed by atoms with E-state index in [0.717, 1.165) is 17.0 Å². The Balaban J connectivity index is 1.37. The molecule has 2 aromatic carbocycles. The number of hydrogen-bond donors (Lipinski definition) is 1. The summed E-state index contributed by atoms with van der Waals surface area (Å²) in [5.74, 6) is 1.23. The standard InChI is InChI=1S/C23H21N5O3S/c1-31-19-10-6-5-7-15(19)12-24-20(29)11-17-14-32-23-26-21-18(22(30)27(17)23)13-25-28(21)16-8-3-2-4-9-16/h2-10,13,17H,11-12,14H2,1H3,(H,24,29). The summed E-state index contributed by atoms with van der Waals surface area (Å²) in [5, 5.41) is 8.36. The average molecular weight is 448 g/mol. The van der Waals surface area contributed by atoms with Gasteiger partial charge in [-0.25, -0.2) is 9.67 Å². The molecule has 1 amide bonds. The van der Waals surface area contributed by atoms with E-state index in [9.17, 15) is 9.59 Å². The molecule has 32 heavy (non-hydrogen) atoms. The maximum atomic E-state index is 13.2. The Morgan fingerprint density at radius 2 is 1.97 bits per heavy atom. The number of methoxy groups -OCH3 is 1. The van der Waals surface area contributed by atoms with Gasteiger partial charge in [-0.15, -0.1) is 0 Å². The van der Waals surface area contributed by atoms with Gasteiger partial charge in [0.1, 0.15) is 11.1 Å². The molecule has 5 rings (SSSR count). The van der Waals surface area contributed by atoms with Gasteiger partial charge in [-0.2, -0.15) is 5.10 Å². The van der Waals surface area contributed by atoms with Crippen LogP contribution in [0.25, 0.3) is 16.7 Å². The summed E-state index contributed by atoms with van der Waals surface area (Å²) in [4.78, 5) is 30.6. The fourth-order valence-corrected chi connectivity index (χ4v) is 5.00. The van der Waals surface area contributed by atoms with Crippen LogP contribution in [0.4, 0.5) is 0 Å². The summed E-state index contributed by atoms with van der Waals surface area (Å²) < 4.78 is 8.64. The van der Waals surface area contributed by atoms with Crippen LogP contribution in [-0.4, -0.2) is 38.1 Å². The summed E-state index contributed by atoms with van der Waals surface area (Å²) in [5.41, 5.74) is 2.11. The van der Waals surface area contributed by atoms with Gasteiger partial charge in [-0.05, 0) is 18.2 Å². The molecule has 0 saturated heterocycles. The van der Waals surface area contributed by atoms with Crippen molar-refractivity contribution >= 4 is 28.7 Å². The quantitative estimate of drug-likeness (QED) is 0.457. The van der Waals surface area contributed by atoms with E-state index in [1.54, 1.807) is 22.6 Å². The molecule has 2 aromatic heterocycles. The highest BCUT2D eigenvalue weighted by molar-refractivity contribution is 7.99. The first-order valence-corrected chi connectivity index (χ1v) is 11.2. The van der Waals surface area contributed by atoms with Gasteiger partial charge in [-0.3, -0.25) is 14.2 Å². The first kappa shape index (κ1) is 20.3. The van der Waals surface area contributed by atoms with Gasteiger partial charge in [0.2, 0.25) is 5.91 Å². The third-order valence-corrected chi connectivity index (χ3v) is 6.56. The lowest BCUT2D eigenvalue weighted by atomic mass is 10.2. The van der Waals surface area contributed by atoms with Crippen LogP contribution in [0.15, 0.2) is 70.7 Å². The van der Waals surface area contributed by atoms with Crippen molar-refractivity contribution in [3.8, 4) is 11.4 Å². The number of nitrogens with one attached hydrogen (secondary N) is 1. The minimum atomic E-state index is -0.253. The van der Waals surface area contributed by atoms with Crippen LogP contribution in [0.2, 0.25) is 0 Å². The molecule has 162 valence electrons. The Labute approximate surface area is 188 Å². The second kappa shape index (κ2) is 8.51. The predicted molar refractivity (Wildman–Crippen MR) is 122 cm³/mol. The van der Waals surface area contributed by atoms with Gasteiger partial charge < -0.3 is 10.1 Å². The Kier molecular flexibility index (Phi) is 5.40. The molecule has 0 saturated carbocycles. The monoisotopic (exact) mass is 447 g/mol. The van der Waals surface area contributed by atoms with Crippen molar-refractivity contribution in [2.24, 2.45) is 0 Å². The Morgan fingerprint density at radius 1 is 1.19 bits per heavy atom. The lowest BCUT2D eigenvalue weighted by Crippen LogP contribution is -2.30. The topological polar surface area (TPSA) is 91.0 Å². The predicted octanol–water partition coefficient (Wildman–Crippen LogP) is 2.94. The maximum absolute atomic E-state index is 13.2. The van der Waals surface area contributed by atoms with Gasteiger partial charge >= 0.3 is 0 Å². The van der Waals surface area contributed by atoms with Crippen LogP contribution in [0.1, 0.15) is 18.0 Å². The van der Waals surface area contributed by atoms with E-state index in [1.807, 2.05) is 54.6 Å². The number of ether oxygens (including phenoxy) is 1. The van der Waals surface area contributed by atoms with Crippen LogP contribution in [0, 0.1) is 0 Å². The number of para-hydroxylation sites is 2. The summed E-state index contributed by atoms with van der Waals surface area (Å²) in [6, 6.07) is 16.9. The van der Waals surface area contributed by atoms with Crippen molar-refractivity contribution in [2.75, 3.05) is 12.9 Å². The minimum absolute atomic E-state index is 0.124. The van der Waals surface area contributed by atoms with Crippen LogP contribution in [-0.2, 0) is 11.3 Å². The zero-order valence-corrected chi connectivity index (χ0v) is 18.2. The van der Waals surface area contributed by atoms with E-state index in [1.165, 1.54) is 11.8 Å². The molecule has 1 atom stereocenters. The summed E-state index contributed by atoms with van der Waals surface area (Å²) >= 11 is 1.49. The number of thioether (sulfide) groups is 1. The fourth-order valence-electron chi connectivity index (χ4n) is 3.87. The number of fused-ring (bicyclic) bond motifs is 2. The van der Waals surface area contributed by atoms with E-state index in [-0.39, 0.29) is 23.9 Å². The largest absolute Gasteiger partial charge is 0.496 e. The summed E-state index contributed by atoms with van der Waals surface area (Å²) in [7, 11) is 1.60. The summed E-state index contributed by atoms with van der Waals surface area (Å²) in [6.45, 7) is 0.367. The number of rotatable bonds is 6. The number of carbonyl (C=O) groups is 1. The van der Waals surface area contributed by atoms with E-state index in [4.69, 9.17) is 9.72 Å². The van der Waals surface area contributed by atoms with Gasteiger partial charge in [0.15, 0.2) is 10.8 Å². The molecule has 0 radical (unpaired) electrons. The molecular weight excluding hydrogens is 426 g/mol. The molecule has 4 aromatic rings. The fraction of sp³-hybridized carbons (Fsp3) is 0.217. The van der Waals surface area contributed by atoms with E-state index in [0.29, 0.717) is 28.5 Å². The molecule has 0 bridgehead atoms. The molecule has 9 heteroatoms. The van der Waals surface area contributed by atoms with Gasteiger partial charge in [0.25, 0.3) is 5.56 Å². The zero-order chi connectivity index (χ0) is 22.1. The number of hydrogen-bond acceptors (Lipinski definition) is 6. The maximum Gasteiger partial charge on any atom is 0.265 e. The SMILES string of the molecule is COc1ccccc1CNC(=O)CC1CSc2nc3c(cnn3-c3ccccc3)c(=O)n21. The van der Waals surface area contributed by atoms with Crippen molar-refractivity contribution < 1.29 is 9.53 Å². The molecule has 3 heterocycles. The Bertz CT molecular complexity index is 1350.